The fourth-order valence-electron chi connectivity index (χ4n) is 3.76. The average molecular weight is 387 g/mol. The van der Waals surface area contributed by atoms with E-state index in [0.717, 1.165) is 20.5 Å². The van der Waals surface area contributed by atoms with Crippen molar-refractivity contribution >= 4 is 34.8 Å². The van der Waals surface area contributed by atoms with E-state index in [1.54, 1.807) is 18.7 Å². The first kappa shape index (κ1) is 17.8. The number of amides is 1. The quantitative estimate of drug-likeness (QED) is 0.791. The second kappa shape index (κ2) is 7.55. The Kier molecular flexibility index (Phi) is 5.16. The van der Waals surface area contributed by atoms with Crippen LogP contribution in [0.3, 0.4) is 0 Å². The number of nitrogens with zero attached hydrogens (tertiary/aromatic N) is 1. The predicted octanol–water partition coefficient (Wildman–Crippen LogP) is 3.93. The van der Waals surface area contributed by atoms with Crippen LogP contribution in [0.5, 0.6) is 0 Å². The van der Waals surface area contributed by atoms with E-state index in [-0.39, 0.29) is 17.7 Å². The molecule has 2 aromatic rings. The Bertz CT molecular complexity index is 825. The predicted molar refractivity (Wildman–Crippen MR) is 105 cm³/mol. The monoisotopic (exact) mass is 386 g/mol. The highest BCUT2D eigenvalue weighted by Gasteiger charge is 2.35. The van der Waals surface area contributed by atoms with Gasteiger partial charge in [0.25, 0.3) is 5.91 Å². The number of piperidine rings is 3. The van der Waals surface area contributed by atoms with Crippen molar-refractivity contribution in [1.29, 1.82) is 0 Å². The summed E-state index contributed by atoms with van der Waals surface area (Å²) in [5.41, 5.74) is 0.715. The van der Waals surface area contributed by atoms with Crippen LogP contribution in [-0.4, -0.2) is 42.3 Å². The molecular weight excluding hydrogens is 364 g/mol. The van der Waals surface area contributed by atoms with Gasteiger partial charge in [-0.3, -0.25) is 9.59 Å². The van der Waals surface area contributed by atoms with Crippen LogP contribution in [0.1, 0.15) is 39.8 Å². The minimum Gasteiger partial charge on any atom is -0.347 e. The number of carbonyl (C=O) groups excluding carboxylic acids is 2. The van der Waals surface area contributed by atoms with Crippen LogP contribution >= 0.6 is 23.1 Å². The lowest BCUT2D eigenvalue weighted by Gasteiger charge is -2.44. The lowest BCUT2D eigenvalue weighted by Crippen LogP contribution is -2.57. The average Bonchev–Trinajstić information content (AvgIpc) is 3.11. The summed E-state index contributed by atoms with van der Waals surface area (Å²) in [7, 11) is 0. The Labute approximate surface area is 162 Å². The number of rotatable bonds is 5. The van der Waals surface area contributed by atoms with E-state index in [2.05, 4.69) is 10.2 Å². The van der Waals surface area contributed by atoms with Crippen molar-refractivity contribution in [2.45, 2.75) is 34.9 Å². The van der Waals surface area contributed by atoms with Gasteiger partial charge in [0.2, 0.25) is 0 Å². The maximum absolute atomic E-state index is 12.6. The fraction of sp³-hybridized carbons (Fsp3) is 0.400. The zero-order chi connectivity index (χ0) is 18.1. The van der Waals surface area contributed by atoms with Crippen molar-refractivity contribution in [3.63, 3.8) is 0 Å². The maximum Gasteiger partial charge on any atom is 0.261 e. The van der Waals surface area contributed by atoms with E-state index in [0.29, 0.717) is 11.5 Å². The number of hydrogen-bond acceptors (Lipinski definition) is 5. The Hall–Kier alpha value is -1.63. The first-order valence-corrected chi connectivity index (χ1v) is 10.6. The standard InChI is InChI=1S/C20H22N2O2S2/c1-13(23)15-3-2-4-16(11-15)25-19-6-5-18(26-19)20(24)21-17-12-22-9-7-14(17)8-10-22/h2-6,11,14,17H,7-10,12H2,1H3,(H,21,24). The number of thiophene rings is 1. The van der Waals surface area contributed by atoms with Crippen LogP contribution in [0.4, 0.5) is 0 Å². The van der Waals surface area contributed by atoms with Crippen molar-refractivity contribution in [2.75, 3.05) is 19.6 Å². The molecule has 6 heteroatoms. The van der Waals surface area contributed by atoms with Gasteiger partial charge < -0.3 is 10.2 Å². The molecule has 1 N–H and O–H groups in total. The van der Waals surface area contributed by atoms with Crippen LogP contribution < -0.4 is 5.32 Å². The first-order valence-electron chi connectivity index (χ1n) is 9.00. The van der Waals surface area contributed by atoms with Gasteiger partial charge in [0.05, 0.1) is 9.09 Å². The minimum atomic E-state index is 0.0399. The highest BCUT2D eigenvalue weighted by atomic mass is 32.2. The van der Waals surface area contributed by atoms with Crippen molar-refractivity contribution in [2.24, 2.45) is 5.92 Å². The van der Waals surface area contributed by atoms with Crippen molar-refractivity contribution in [3.8, 4) is 0 Å². The molecule has 1 unspecified atom stereocenters. The van der Waals surface area contributed by atoms with Gasteiger partial charge in [-0.05, 0) is 63.0 Å². The lowest BCUT2D eigenvalue weighted by atomic mass is 9.84. The normalized spacial score (nSPS) is 24.4. The third kappa shape index (κ3) is 3.87. The molecule has 3 saturated heterocycles. The van der Waals surface area contributed by atoms with Gasteiger partial charge in [0.1, 0.15) is 0 Å². The highest BCUT2D eigenvalue weighted by molar-refractivity contribution is 8.01. The van der Waals surface area contributed by atoms with Crippen molar-refractivity contribution in [3.05, 3.63) is 46.8 Å². The molecule has 3 aliphatic rings. The second-order valence-electron chi connectivity index (χ2n) is 7.02. The summed E-state index contributed by atoms with van der Waals surface area (Å²) >= 11 is 3.10. The third-order valence-corrected chi connectivity index (χ3v) is 7.44. The summed E-state index contributed by atoms with van der Waals surface area (Å²) in [6.45, 7) is 4.92. The molecule has 1 aromatic heterocycles. The van der Waals surface area contributed by atoms with Crippen LogP contribution in [-0.2, 0) is 0 Å². The third-order valence-electron chi connectivity index (χ3n) is 5.24. The molecule has 0 aliphatic carbocycles. The maximum atomic E-state index is 12.6. The zero-order valence-corrected chi connectivity index (χ0v) is 16.4. The summed E-state index contributed by atoms with van der Waals surface area (Å²) < 4.78 is 1.06. The molecule has 2 bridgehead atoms. The first-order chi connectivity index (χ1) is 12.6. The fourth-order valence-corrected chi connectivity index (χ4v) is 5.83. The number of fused-ring (bicyclic) bond motifs is 3. The second-order valence-corrected chi connectivity index (χ2v) is 9.48. The minimum absolute atomic E-state index is 0.0399. The number of carbonyl (C=O) groups is 2. The van der Waals surface area contributed by atoms with E-state index >= 15 is 0 Å². The molecule has 3 aliphatic heterocycles. The van der Waals surface area contributed by atoms with Gasteiger partial charge >= 0.3 is 0 Å². The van der Waals surface area contributed by atoms with Gasteiger partial charge in [-0.1, -0.05) is 23.9 Å². The number of Topliss-reactive ketones (excluding diaryl/α,β-unsaturated/α-hetero) is 1. The van der Waals surface area contributed by atoms with Gasteiger partial charge in [-0.25, -0.2) is 0 Å². The zero-order valence-electron chi connectivity index (χ0n) is 14.7. The van der Waals surface area contributed by atoms with Crippen molar-refractivity contribution < 1.29 is 9.59 Å². The molecule has 1 atom stereocenters. The molecule has 26 heavy (non-hydrogen) atoms. The molecule has 4 nitrogen and oxygen atoms in total. The molecule has 1 aromatic carbocycles. The number of hydrogen-bond donors (Lipinski definition) is 1. The Morgan fingerprint density at radius 2 is 2.00 bits per heavy atom. The van der Waals surface area contributed by atoms with Crippen LogP contribution in [0.2, 0.25) is 0 Å². The topological polar surface area (TPSA) is 49.4 Å². The van der Waals surface area contributed by atoms with Crippen LogP contribution in [0.25, 0.3) is 0 Å². The number of ketones is 1. The summed E-state index contributed by atoms with van der Waals surface area (Å²) in [5.74, 6) is 0.737. The molecule has 5 rings (SSSR count). The number of benzene rings is 1. The molecule has 4 heterocycles. The SMILES string of the molecule is CC(=O)c1cccc(Sc2ccc(C(=O)NC3CN4CCC3CC4)s2)c1. The van der Waals surface area contributed by atoms with E-state index in [9.17, 15) is 9.59 Å². The number of nitrogens with one attached hydrogen (secondary N) is 1. The molecule has 0 saturated carbocycles. The highest BCUT2D eigenvalue weighted by Crippen LogP contribution is 2.34. The summed E-state index contributed by atoms with van der Waals surface area (Å²) in [4.78, 5) is 28.4. The molecule has 0 radical (unpaired) electrons. The summed E-state index contributed by atoms with van der Waals surface area (Å²) in [5, 5.41) is 3.24. The summed E-state index contributed by atoms with van der Waals surface area (Å²) in [6.07, 6.45) is 2.39. The van der Waals surface area contributed by atoms with Gasteiger partial charge in [-0.2, -0.15) is 0 Å². The molecule has 0 spiro atoms. The molecule has 136 valence electrons. The van der Waals surface area contributed by atoms with E-state index in [1.807, 2.05) is 36.4 Å². The van der Waals surface area contributed by atoms with E-state index < -0.39 is 0 Å². The van der Waals surface area contributed by atoms with Gasteiger partial charge in [-0.15, -0.1) is 11.3 Å². The lowest BCUT2D eigenvalue weighted by molar-refractivity contribution is 0.0622. The molecule has 3 fully saturated rings. The van der Waals surface area contributed by atoms with E-state index in [1.165, 1.54) is 37.3 Å². The van der Waals surface area contributed by atoms with Crippen LogP contribution in [0.15, 0.2) is 45.5 Å². The largest absolute Gasteiger partial charge is 0.347 e. The Morgan fingerprint density at radius 1 is 1.19 bits per heavy atom. The van der Waals surface area contributed by atoms with Gasteiger partial charge in [0.15, 0.2) is 5.78 Å². The van der Waals surface area contributed by atoms with Gasteiger partial charge in [0, 0.05) is 23.0 Å². The smallest absolute Gasteiger partial charge is 0.261 e. The van der Waals surface area contributed by atoms with E-state index in [4.69, 9.17) is 0 Å². The Balaban J connectivity index is 1.40. The molecule has 1 amide bonds. The van der Waals surface area contributed by atoms with Crippen LogP contribution in [0, 0.1) is 5.92 Å². The van der Waals surface area contributed by atoms with Crippen molar-refractivity contribution in [1.82, 2.24) is 10.2 Å². The summed E-state index contributed by atoms with van der Waals surface area (Å²) in [6, 6.07) is 11.8. The Morgan fingerprint density at radius 3 is 2.69 bits per heavy atom. The molecular formula is C20H22N2O2S2.